The van der Waals surface area contributed by atoms with Crippen LogP contribution in [0.4, 0.5) is 4.79 Å². The van der Waals surface area contributed by atoms with Crippen molar-refractivity contribution in [1.29, 1.82) is 0 Å². The van der Waals surface area contributed by atoms with Gasteiger partial charge in [0.25, 0.3) is 5.89 Å². The van der Waals surface area contributed by atoms with Gasteiger partial charge in [-0.05, 0) is 41.3 Å². The van der Waals surface area contributed by atoms with E-state index in [1.165, 1.54) is 21.2 Å². The summed E-state index contributed by atoms with van der Waals surface area (Å²) in [5, 5.41) is 5.38. The molecule has 1 unspecified atom stereocenters. The number of benzene rings is 2. The fraction of sp³-hybridized carbons (Fsp3) is 0.208. The lowest BCUT2D eigenvalue weighted by atomic mass is 10.1. The summed E-state index contributed by atoms with van der Waals surface area (Å²) in [4.78, 5) is 32.3. The molecule has 34 heavy (non-hydrogen) atoms. The molecule has 3 amide bonds. The van der Waals surface area contributed by atoms with E-state index < -0.39 is 11.3 Å². The van der Waals surface area contributed by atoms with Crippen molar-refractivity contribution >= 4 is 29.4 Å². The van der Waals surface area contributed by atoms with Gasteiger partial charge in [0.1, 0.15) is 23.8 Å². The number of carbonyl (C=O) groups excluding carboxylic acids is 2. The number of urea groups is 1. The maximum atomic E-state index is 13.4. The molecular weight excluding hydrogens is 456 g/mol. The molecule has 172 valence electrons. The van der Waals surface area contributed by atoms with Gasteiger partial charge in [0, 0.05) is 5.56 Å². The Morgan fingerprint density at radius 3 is 2.65 bits per heavy atom. The lowest BCUT2D eigenvalue weighted by molar-refractivity contribution is -0.458. The lowest BCUT2D eigenvalue weighted by Gasteiger charge is -2.23. The van der Waals surface area contributed by atoms with Crippen LogP contribution >= 0.6 is 11.8 Å². The molecule has 0 bridgehead atoms. The molecule has 0 saturated carbocycles. The Labute approximate surface area is 199 Å². The highest BCUT2D eigenvalue weighted by Crippen LogP contribution is 2.30. The minimum absolute atomic E-state index is 0.0500. The van der Waals surface area contributed by atoms with Crippen molar-refractivity contribution in [3.05, 3.63) is 71.5 Å². The predicted octanol–water partition coefficient (Wildman–Crippen LogP) is 3.50. The quantitative estimate of drug-likeness (QED) is 0.477. The monoisotopic (exact) mass is 477 g/mol. The first-order valence-corrected chi connectivity index (χ1v) is 11.4. The second-order valence-electron chi connectivity index (χ2n) is 7.63. The van der Waals surface area contributed by atoms with Crippen LogP contribution in [0.5, 0.6) is 11.5 Å². The van der Waals surface area contributed by atoms with Crippen LogP contribution in [0.15, 0.2) is 64.5 Å². The Balaban J connectivity index is 1.43. The first-order valence-electron chi connectivity index (χ1n) is 10.5. The average Bonchev–Trinajstić information content (AvgIpc) is 3.55. The largest absolute Gasteiger partial charge is 0.501 e. The predicted molar refractivity (Wildman–Crippen MR) is 125 cm³/mol. The van der Waals surface area contributed by atoms with E-state index in [2.05, 4.69) is 10.1 Å². The summed E-state index contributed by atoms with van der Waals surface area (Å²) in [5.41, 5.74) is 2.14. The molecule has 0 aliphatic carbocycles. The Kier molecular flexibility index (Phi) is 5.89. The van der Waals surface area contributed by atoms with Crippen LogP contribution in [-0.4, -0.2) is 56.7 Å². The van der Waals surface area contributed by atoms with Crippen molar-refractivity contribution in [2.24, 2.45) is 0 Å². The Morgan fingerprint density at radius 1 is 1.09 bits per heavy atom. The van der Waals surface area contributed by atoms with Gasteiger partial charge in [-0.15, -0.1) is 11.8 Å². The van der Waals surface area contributed by atoms with Crippen LogP contribution in [0, 0.1) is 0 Å². The Bertz CT molecular complexity index is 1330. The zero-order valence-corrected chi connectivity index (χ0v) is 19.3. The van der Waals surface area contributed by atoms with E-state index in [0.717, 1.165) is 11.1 Å². The molecule has 0 radical (unpaired) electrons. The smallest absolute Gasteiger partial charge is 0.497 e. The highest BCUT2D eigenvalue weighted by Gasteiger charge is 2.49. The highest BCUT2D eigenvalue weighted by atomic mass is 32.2. The number of nitrogens with zero attached hydrogens (tertiary/aromatic N) is 4. The van der Waals surface area contributed by atoms with Gasteiger partial charge in [0.05, 0.1) is 14.2 Å². The number of thioether (sulfide) groups is 1. The number of rotatable bonds is 7. The average molecular weight is 478 g/mol. The molecule has 0 fully saturated rings. The molecule has 2 aromatic carbocycles. The second kappa shape index (κ2) is 9.14. The number of methoxy groups -OCH3 is 2. The molecule has 9 nitrogen and oxygen atoms in total. The molecule has 0 N–H and O–H groups in total. The number of hydrogen-bond acceptors (Lipinski definition) is 8. The van der Waals surface area contributed by atoms with Gasteiger partial charge in [0.2, 0.25) is 5.82 Å². The van der Waals surface area contributed by atoms with E-state index in [0.29, 0.717) is 23.0 Å². The molecular formula is C24H21N4O5S+. The Hall–Kier alpha value is -3.92. The van der Waals surface area contributed by atoms with Gasteiger partial charge < -0.3 is 14.0 Å². The van der Waals surface area contributed by atoms with Crippen LogP contribution < -0.4 is 9.47 Å². The van der Waals surface area contributed by atoms with Gasteiger partial charge in [-0.25, -0.2) is 4.79 Å². The first kappa shape index (κ1) is 21.9. The molecule has 2 aliphatic rings. The number of aromatic nitrogens is 2. The third-order valence-corrected chi connectivity index (χ3v) is 6.56. The molecule has 0 spiro atoms. The van der Waals surface area contributed by atoms with Gasteiger partial charge in [-0.1, -0.05) is 29.4 Å². The van der Waals surface area contributed by atoms with Crippen LogP contribution in [0.2, 0.25) is 0 Å². The summed E-state index contributed by atoms with van der Waals surface area (Å²) in [5.74, 6) is 1.73. The number of ether oxygens (including phenoxy) is 2. The van der Waals surface area contributed by atoms with Crippen LogP contribution in [-0.2, 0) is 17.9 Å². The van der Waals surface area contributed by atoms with E-state index in [1.54, 1.807) is 26.4 Å². The number of fused-ring (bicyclic) bond motifs is 1. The molecule has 2 aliphatic heterocycles. The van der Waals surface area contributed by atoms with Crippen LogP contribution in [0.3, 0.4) is 0 Å². The summed E-state index contributed by atoms with van der Waals surface area (Å²) in [6, 6.07) is 14.2. The molecule has 10 heteroatoms. The van der Waals surface area contributed by atoms with Gasteiger partial charge in [0.15, 0.2) is 11.8 Å². The van der Waals surface area contributed by atoms with Gasteiger partial charge in [-0.2, -0.15) is 19.3 Å². The number of hydrogen-bond donors (Lipinski definition) is 0. The maximum Gasteiger partial charge on any atom is 0.501 e. The van der Waals surface area contributed by atoms with Crippen LogP contribution in [0.1, 0.15) is 11.5 Å². The van der Waals surface area contributed by atoms with Crippen molar-refractivity contribution in [3.63, 3.8) is 0 Å². The number of imide groups is 1. The molecule has 3 heterocycles. The van der Waals surface area contributed by atoms with E-state index in [-0.39, 0.29) is 24.9 Å². The van der Waals surface area contributed by atoms with Gasteiger partial charge in [-0.3, -0.25) is 0 Å². The fourth-order valence-electron chi connectivity index (χ4n) is 3.84. The van der Waals surface area contributed by atoms with Crippen molar-refractivity contribution in [2.45, 2.75) is 18.3 Å². The summed E-state index contributed by atoms with van der Waals surface area (Å²) >= 11 is 1.37. The fourth-order valence-corrected chi connectivity index (χ4v) is 4.81. The minimum atomic E-state index is -0.496. The number of allylic oxidation sites excluding steroid dienone is 1. The van der Waals surface area contributed by atoms with Crippen molar-refractivity contribution < 1.29 is 28.2 Å². The molecule has 1 atom stereocenters. The number of carbonyl (C=O) groups is 2. The topological polar surface area (TPSA) is 97.8 Å². The lowest BCUT2D eigenvalue weighted by Crippen LogP contribution is -2.54. The maximum absolute atomic E-state index is 13.4. The van der Waals surface area contributed by atoms with E-state index >= 15 is 0 Å². The SMILES string of the molecule is COc1cccc(CN2C(=O)C3SC=CC3=[N+](Cc3nc(-c4cccc(OC)c4)no3)C2=O)c1. The highest BCUT2D eigenvalue weighted by molar-refractivity contribution is 8.04. The minimum Gasteiger partial charge on any atom is -0.497 e. The van der Waals surface area contributed by atoms with Crippen molar-refractivity contribution in [3.8, 4) is 22.9 Å². The van der Waals surface area contributed by atoms with Crippen molar-refractivity contribution in [2.75, 3.05) is 14.2 Å². The number of amides is 3. The van der Waals surface area contributed by atoms with E-state index in [4.69, 9.17) is 14.0 Å². The third kappa shape index (κ3) is 4.08. The van der Waals surface area contributed by atoms with Crippen LogP contribution in [0.25, 0.3) is 11.4 Å². The standard InChI is InChI=1S/C24H21N4O5S/c1-31-17-7-3-5-15(11-17)13-28-23(29)21-19(9-10-34-21)27(24(28)30)14-20-25-22(26-33-20)16-6-4-8-18(12-16)32-2/h3-12,21H,13-14H2,1-2H3/q+1. The van der Waals surface area contributed by atoms with E-state index in [9.17, 15) is 9.59 Å². The summed E-state index contributed by atoms with van der Waals surface area (Å²) < 4.78 is 17.5. The molecule has 0 saturated heterocycles. The van der Waals surface area contributed by atoms with Crippen molar-refractivity contribution in [1.82, 2.24) is 15.0 Å². The first-order chi connectivity index (χ1) is 16.6. The molecule has 1 aromatic heterocycles. The molecule has 5 rings (SSSR count). The van der Waals surface area contributed by atoms with Gasteiger partial charge >= 0.3 is 11.9 Å². The van der Waals surface area contributed by atoms with E-state index in [1.807, 2.05) is 47.9 Å². The third-order valence-electron chi connectivity index (χ3n) is 5.55. The summed E-state index contributed by atoms with van der Waals surface area (Å²) in [7, 11) is 3.16. The Morgan fingerprint density at radius 2 is 1.85 bits per heavy atom. The second-order valence-corrected chi connectivity index (χ2v) is 8.65. The zero-order chi connectivity index (χ0) is 23.7. The summed E-state index contributed by atoms with van der Waals surface area (Å²) in [6.07, 6.45) is 1.79. The zero-order valence-electron chi connectivity index (χ0n) is 18.5. The summed E-state index contributed by atoms with van der Waals surface area (Å²) in [6.45, 7) is 0.184. The normalized spacial score (nSPS) is 17.4. The molecule has 3 aromatic rings.